The molecule has 84 valence electrons. The Morgan fingerprint density at radius 2 is 2.31 bits per heavy atom. The molecule has 0 saturated carbocycles. The van der Waals surface area contributed by atoms with Crippen LogP contribution in [0.2, 0.25) is 0 Å². The predicted molar refractivity (Wildman–Crippen MR) is 59.3 cm³/mol. The topological polar surface area (TPSA) is 68.0 Å². The molecule has 16 heavy (non-hydrogen) atoms. The number of aliphatic carboxylic acids is 1. The molecule has 2 aromatic rings. The van der Waals surface area contributed by atoms with Crippen molar-refractivity contribution in [1.29, 1.82) is 0 Å². The molecule has 0 bridgehead atoms. The summed E-state index contributed by atoms with van der Waals surface area (Å²) in [6, 6.07) is 2.04. The van der Waals surface area contributed by atoms with E-state index in [4.69, 9.17) is 5.11 Å². The number of fused-ring (bicyclic) bond motifs is 1. The van der Waals surface area contributed by atoms with Gasteiger partial charge in [-0.1, -0.05) is 0 Å². The maximum Gasteiger partial charge on any atom is 0.311 e. The Kier molecular flexibility index (Phi) is 2.60. The summed E-state index contributed by atoms with van der Waals surface area (Å²) < 4.78 is 1.94. The van der Waals surface area contributed by atoms with Crippen molar-refractivity contribution in [3.63, 3.8) is 0 Å². The van der Waals surface area contributed by atoms with Gasteiger partial charge in [0, 0.05) is 12.2 Å². The smallest absolute Gasteiger partial charge is 0.311 e. The van der Waals surface area contributed by atoms with Gasteiger partial charge < -0.3 is 9.67 Å². The van der Waals surface area contributed by atoms with Crippen molar-refractivity contribution in [3.05, 3.63) is 24.3 Å². The third-order valence-corrected chi connectivity index (χ3v) is 2.39. The molecule has 0 aliphatic carbocycles. The normalized spacial score (nSPS) is 11.2. The second-order valence-corrected chi connectivity index (χ2v) is 3.93. The first-order valence-electron chi connectivity index (χ1n) is 5.12. The minimum atomic E-state index is -0.870. The summed E-state index contributed by atoms with van der Waals surface area (Å²) in [6.45, 7) is 4.01. The van der Waals surface area contributed by atoms with Gasteiger partial charge in [-0.3, -0.25) is 9.78 Å². The summed E-state index contributed by atoms with van der Waals surface area (Å²) in [4.78, 5) is 19.0. The number of carboxylic acids is 1. The summed E-state index contributed by atoms with van der Waals surface area (Å²) in [6.07, 6.45) is 3.28. The van der Waals surface area contributed by atoms with E-state index < -0.39 is 5.97 Å². The molecule has 2 heterocycles. The van der Waals surface area contributed by atoms with Crippen LogP contribution in [-0.4, -0.2) is 25.6 Å². The van der Waals surface area contributed by atoms with E-state index in [0.29, 0.717) is 5.82 Å². The van der Waals surface area contributed by atoms with Crippen LogP contribution in [0.1, 0.15) is 25.7 Å². The highest BCUT2D eigenvalue weighted by atomic mass is 16.4. The van der Waals surface area contributed by atoms with E-state index in [0.717, 1.165) is 11.0 Å². The van der Waals surface area contributed by atoms with Gasteiger partial charge in [-0.05, 0) is 19.9 Å². The zero-order valence-electron chi connectivity index (χ0n) is 9.21. The molecule has 0 atom stereocenters. The fraction of sp³-hybridized carbons (Fsp3) is 0.364. The van der Waals surface area contributed by atoms with E-state index in [-0.39, 0.29) is 12.5 Å². The molecule has 2 rings (SSSR count). The highest BCUT2D eigenvalue weighted by molar-refractivity contribution is 5.77. The second-order valence-electron chi connectivity index (χ2n) is 3.93. The Morgan fingerprint density at radius 1 is 1.56 bits per heavy atom. The molecule has 5 heteroatoms. The first-order valence-corrected chi connectivity index (χ1v) is 5.12. The van der Waals surface area contributed by atoms with Crippen LogP contribution in [0.25, 0.3) is 11.0 Å². The fourth-order valence-electron chi connectivity index (χ4n) is 1.84. The fourth-order valence-corrected chi connectivity index (χ4v) is 1.84. The van der Waals surface area contributed by atoms with Crippen molar-refractivity contribution in [1.82, 2.24) is 14.5 Å². The average Bonchev–Trinajstić information content (AvgIpc) is 2.53. The van der Waals surface area contributed by atoms with Gasteiger partial charge in [0.2, 0.25) is 0 Å². The van der Waals surface area contributed by atoms with Gasteiger partial charge in [-0.15, -0.1) is 0 Å². The second kappa shape index (κ2) is 3.92. The van der Waals surface area contributed by atoms with Crippen LogP contribution in [0.3, 0.4) is 0 Å². The number of rotatable bonds is 3. The molecule has 0 amide bonds. The summed E-state index contributed by atoms with van der Waals surface area (Å²) >= 11 is 0. The Labute approximate surface area is 92.8 Å². The molecule has 0 aromatic carbocycles. The van der Waals surface area contributed by atoms with Crippen LogP contribution in [-0.2, 0) is 11.2 Å². The van der Waals surface area contributed by atoms with Crippen molar-refractivity contribution in [2.45, 2.75) is 26.3 Å². The van der Waals surface area contributed by atoms with E-state index in [1.165, 1.54) is 0 Å². The summed E-state index contributed by atoms with van der Waals surface area (Å²) in [5, 5.41) is 8.83. The number of pyridine rings is 1. The zero-order chi connectivity index (χ0) is 11.7. The molecular weight excluding hydrogens is 206 g/mol. The summed E-state index contributed by atoms with van der Waals surface area (Å²) in [5.41, 5.74) is 1.67. The molecule has 1 N–H and O–H groups in total. The van der Waals surface area contributed by atoms with Gasteiger partial charge in [0.05, 0.1) is 11.7 Å². The van der Waals surface area contributed by atoms with E-state index >= 15 is 0 Å². The number of imidazole rings is 1. The molecule has 0 unspecified atom stereocenters. The van der Waals surface area contributed by atoms with Gasteiger partial charge >= 0.3 is 5.97 Å². The molecule has 5 nitrogen and oxygen atoms in total. The number of aromatic nitrogens is 3. The maximum atomic E-state index is 10.8. The SMILES string of the molecule is CC(C)n1c(CC(=O)O)nc2cnccc21. The predicted octanol–water partition coefficient (Wildman–Crippen LogP) is 1.64. The van der Waals surface area contributed by atoms with E-state index in [2.05, 4.69) is 9.97 Å². The van der Waals surface area contributed by atoms with Gasteiger partial charge in [0.1, 0.15) is 17.8 Å². The summed E-state index contributed by atoms with van der Waals surface area (Å²) in [5.74, 6) is -0.296. The molecule has 0 saturated heterocycles. The van der Waals surface area contributed by atoms with E-state index in [1.54, 1.807) is 12.4 Å². The van der Waals surface area contributed by atoms with Crippen LogP contribution in [0.15, 0.2) is 18.5 Å². The zero-order valence-corrected chi connectivity index (χ0v) is 9.21. The van der Waals surface area contributed by atoms with Gasteiger partial charge in [0.15, 0.2) is 0 Å². The molecule has 0 spiro atoms. The first-order chi connectivity index (χ1) is 7.59. The number of nitrogens with zero attached hydrogens (tertiary/aromatic N) is 3. The Morgan fingerprint density at radius 3 is 2.94 bits per heavy atom. The van der Waals surface area contributed by atoms with Crippen molar-refractivity contribution in [3.8, 4) is 0 Å². The molecule has 0 aliphatic heterocycles. The van der Waals surface area contributed by atoms with E-state index in [1.807, 2.05) is 24.5 Å². The lowest BCUT2D eigenvalue weighted by Crippen LogP contribution is -2.11. The third-order valence-electron chi connectivity index (χ3n) is 2.39. The van der Waals surface area contributed by atoms with Crippen molar-refractivity contribution >= 4 is 17.0 Å². The summed E-state index contributed by atoms with van der Waals surface area (Å²) in [7, 11) is 0. The third kappa shape index (κ3) is 1.76. The van der Waals surface area contributed by atoms with Crippen molar-refractivity contribution in [2.75, 3.05) is 0 Å². The monoisotopic (exact) mass is 219 g/mol. The van der Waals surface area contributed by atoms with E-state index in [9.17, 15) is 4.79 Å². The Hall–Kier alpha value is -1.91. The highest BCUT2D eigenvalue weighted by Crippen LogP contribution is 2.20. The lowest BCUT2D eigenvalue weighted by atomic mass is 10.3. The molecular formula is C11H13N3O2. The quantitative estimate of drug-likeness (QED) is 0.852. The number of hydrogen-bond donors (Lipinski definition) is 1. The molecule has 0 fully saturated rings. The average molecular weight is 219 g/mol. The number of hydrogen-bond acceptors (Lipinski definition) is 3. The van der Waals surface area contributed by atoms with Gasteiger partial charge in [0.25, 0.3) is 0 Å². The van der Waals surface area contributed by atoms with Crippen molar-refractivity contribution in [2.24, 2.45) is 0 Å². The minimum absolute atomic E-state index is 0.0626. The lowest BCUT2D eigenvalue weighted by Gasteiger charge is -2.11. The molecule has 2 aromatic heterocycles. The highest BCUT2D eigenvalue weighted by Gasteiger charge is 2.15. The molecule has 0 radical (unpaired) electrons. The Balaban J connectivity index is 2.63. The minimum Gasteiger partial charge on any atom is -0.481 e. The van der Waals surface area contributed by atoms with Crippen LogP contribution in [0.5, 0.6) is 0 Å². The maximum absolute atomic E-state index is 10.8. The molecule has 0 aliphatic rings. The van der Waals surface area contributed by atoms with Crippen LogP contribution < -0.4 is 0 Å². The Bertz CT molecular complexity index is 531. The first kappa shape index (κ1) is 10.6. The number of carboxylic acid groups (broad SMARTS) is 1. The van der Waals surface area contributed by atoms with Gasteiger partial charge in [-0.2, -0.15) is 0 Å². The largest absolute Gasteiger partial charge is 0.481 e. The number of carbonyl (C=O) groups is 1. The van der Waals surface area contributed by atoms with Crippen molar-refractivity contribution < 1.29 is 9.90 Å². The van der Waals surface area contributed by atoms with Gasteiger partial charge in [-0.25, -0.2) is 4.98 Å². The lowest BCUT2D eigenvalue weighted by molar-refractivity contribution is -0.136. The van der Waals surface area contributed by atoms with Crippen LogP contribution in [0.4, 0.5) is 0 Å². The van der Waals surface area contributed by atoms with Crippen LogP contribution in [0, 0.1) is 0 Å². The standard InChI is InChI=1S/C11H13N3O2/c1-7(2)14-9-3-4-12-6-8(9)13-10(14)5-11(15)16/h3-4,6-7H,5H2,1-2H3,(H,15,16). The van der Waals surface area contributed by atoms with Crippen LogP contribution >= 0.6 is 0 Å².